The number of aromatic hydroxyl groups is 1. The largest absolute Gasteiger partial charge is 0.506 e. The fourth-order valence-electron chi connectivity index (χ4n) is 3.89. The van der Waals surface area contributed by atoms with Gasteiger partial charge in [0, 0.05) is 17.8 Å². The minimum Gasteiger partial charge on any atom is -0.506 e. The molecular weight excluding hydrogens is 490 g/mol. The van der Waals surface area contributed by atoms with Gasteiger partial charge in [-0.3, -0.25) is 4.79 Å². The van der Waals surface area contributed by atoms with Gasteiger partial charge in [0.1, 0.15) is 21.2 Å². The zero-order valence-electron chi connectivity index (χ0n) is 18.3. The molecule has 0 fully saturated rings. The van der Waals surface area contributed by atoms with Gasteiger partial charge in [-0.2, -0.15) is 8.42 Å². The summed E-state index contributed by atoms with van der Waals surface area (Å²) in [6.45, 7) is 0.206. The van der Waals surface area contributed by atoms with Crippen molar-refractivity contribution in [2.45, 2.75) is 11.4 Å². The van der Waals surface area contributed by atoms with E-state index in [1.807, 2.05) is 30.3 Å². The number of para-hydroxylation sites is 1. The topological polar surface area (TPSA) is 142 Å². The minimum absolute atomic E-state index is 0.0591. The molecule has 2 aromatic heterocycles. The molecular formula is C23H19N5O5S2. The molecule has 35 heavy (non-hydrogen) atoms. The number of aromatic nitrogens is 1. The molecule has 0 unspecified atom stereocenters. The molecule has 4 aromatic rings. The highest BCUT2D eigenvalue weighted by Gasteiger charge is 2.34. The van der Waals surface area contributed by atoms with E-state index in [-0.39, 0.29) is 39.3 Å². The molecule has 0 saturated heterocycles. The molecule has 5 rings (SSSR count). The average Bonchev–Trinajstić information content (AvgIpc) is 3.25. The normalized spacial score (nSPS) is 14.0. The van der Waals surface area contributed by atoms with Crippen molar-refractivity contribution in [1.82, 2.24) is 9.88 Å². The summed E-state index contributed by atoms with van der Waals surface area (Å²) in [5.41, 5.74) is 0.547. The van der Waals surface area contributed by atoms with Gasteiger partial charge in [-0.05, 0) is 17.7 Å². The number of carbonyl (C=O) groups excluding carboxylic acids is 1. The summed E-state index contributed by atoms with van der Waals surface area (Å²) in [6.07, 6.45) is 0. The summed E-state index contributed by atoms with van der Waals surface area (Å²) < 4.78 is 31.5. The second kappa shape index (κ2) is 8.56. The Hall–Kier alpha value is -4.16. The van der Waals surface area contributed by atoms with Gasteiger partial charge >= 0.3 is 6.03 Å². The molecule has 0 atom stereocenters. The maximum Gasteiger partial charge on any atom is 0.319 e. The van der Waals surface area contributed by atoms with Gasteiger partial charge in [-0.25, -0.2) is 4.79 Å². The first-order valence-corrected chi connectivity index (χ1v) is 12.7. The summed E-state index contributed by atoms with van der Waals surface area (Å²) in [4.78, 5) is 25.2. The number of pyridine rings is 1. The van der Waals surface area contributed by atoms with Crippen LogP contribution < -0.4 is 21.5 Å². The van der Waals surface area contributed by atoms with E-state index in [0.29, 0.717) is 10.9 Å². The maximum absolute atomic E-state index is 13.6. The Kier molecular flexibility index (Phi) is 5.53. The first-order valence-electron chi connectivity index (χ1n) is 10.4. The van der Waals surface area contributed by atoms with E-state index in [1.165, 1.54) is 17.0 Å². The monoisotopic (exact) mass is 509 g/mol. The number of urea groups is 1. The zero-order chi connectivity index (χ0) is 24.7. The SMILES string of the molecule is CNC(=O)Nc1csc2c1S(=O)(=O)N=C(c1c(O)c3ccccc3n(Cc3ccccc3)c1=O)N2. The number of carbonyl (C=O) groups is 1. The van der Waals surface area contributed by atoms with Crippen LogP contribution >= 0.6 is 11.3 Å². The van der Waals surface area contributed by atoms with Crippen molar-refractivity contribution in [2.24, 2.45) is 4.40 Å². The van der Waals surface area contributed by atoms with Crippen LogP contribution in [0.1, 0.15) is 11.1 Å². The minimum atomic E-state index is -4.30. The Morgan fingerprint density at radius 2 is 1.86 bits per heavy atom. The van der Waals surface area contributed by atoms with Crippen molar-refractivity contribution in [1.29, 1.82) is 0 Å². The van der Waals surface area contributed by atoms with Gasteiger partial charge in [-0.15, -0.1) is 15.7 Å². The van der Waals surface area contributed by atoms with Gasteiger partial charge in [0.25, 0.3) is 15.6 Å². The Balaban J connectivity index is 1.69. The number of benzene rings is 2. The lowest BCUT2D eigenvalue weighted by molar-refractivity contribution is 0.254. The standard InChI is InChI=1S/C23H19N5O5S2/c1-24-23(31)25-15-12-34-21-19(15)35(32,33)27-20(26-21)17-18(29)14-9-5-6-10-16(14)28(22(17)30)11-13-7-3-2-4-8-13/h2-10,12,29H,11H2,1H3,(H,26,27)(H2,24,25,31). The zero-order valence-corrected chi connectivity index (χ0v) is 19.9. The predicted molar refractivity (Wildman–Crippen MR) is 135 cm³/mol. The number of amides is 2. The van der Waals surface area contributed by atoms with E-state index in [1.54, 1.807) is 24.3 Å². The number of nitrogens with one attached hydrogen (secondary N) is 3. The molecule has 0 radical (unpaired) electrons. The van der Waals surface area contributed by atoms with Crippen LogP contribution in [0, 0.1) is 0 Å². The van der Waals surface area contributed by atoms with Crippen LogP contribution in [-0.2, 0) is 16.6 Å². The molecule has 0 bridgehead atoms. The van der Waals surface area contributed by atoms with Crippen molar-refractivity contribution < 1.29 is 18.3 Å². The number of hydrogen-bond donors (Lipinski definition) is 4. The quantitative estimate of drug-likeness (QED) is 0.333. The molecule has 4 N–H and O–H groups in total. The van der Waals surface area contributed by atoms with Crippen LogP contribution in [0.4, 0.5) is 15.5 Å². The van der Waals surface area contributed by atoms with E-state index in [9.17, 15) is 23.1 Å². The average molecular weight is 510 g/mol. The van der Waals surface area contributed by atoms with Gasteiger partial charge in [0.05, 0.1) is 17.7 Å². The lowest BCUT2D eigenvalue weighted by atomic mass is 10.1. The van der Waals surface area contributed by atoms with Crippen molar-refractivity contribution in [3.8, 4) is 5.75 Å². The van der Waals surface area contributed by atoms with Crippen molar-refractivity contribution in [2.75, 3.05) is 17.7 Å². The molecule has 12 heteroatoms. The number of anilines is 2. The van der Waals surface area contributed by atoms with Gasteiger partial charge in [0.2, 0.25) is 0 Å². The number of rotatable bonds is 4. The fourth-order valence-corrected chi connectivity index (χ4v) is 6.35. The smallest absolute Gasteiger partial charge is 0.319 e. The number of nitrogens with zero attached hydrogens (tertiary/aromatic N) is 2. The van der Waals surface area contributed by atoms with Crippen LogP contribution in [-0.4, -0.2) is 37.0 Å². The number of thiophene rings is 1. The Bertz CT molecular complexity index is 1670. The Labute approximate surface area is 203 Å². The highest BCUT2D eigenvalue weighted by molar-refractivity contribution is 7.91. The first-order chi connectivity index (χ1) is 16.8. The molecule has 0 spiro atoms. The molecule has 2 aromatic carbocycles. The summed E-state index contributed by atoms with van der Waals surface area (Å²) >= 11 is 1.02. The van der Waals surface area contributed by atoms with E-state index in [2.05, 4.69) is 20.3 Å². The van der Waals surface area contributed by atoms with Crippen molar-refractivity contribution >= 4 is 54.8 Å². The third kappa shape index (κ3) is 3.92. The number of hydrogen-bond acceptors (Lipinski definition) is 7. The summed E-state index contributed by atoms with van der Waals surface area (Å²) in [5, 5.41) is 20.7. The van der Waals surface area contributed by atoms with Gasteiger partial charge < -0.3 is 25.6 Å². The van der Waals surface area contributed by atoms with E-state index >= 15 is 0 Å². The maximum atomic E-state index is 13.6. The van der Waals surface area contributed by atoms with Crippen molar-refractivity contribution in [3.05, 3.63) is 81.5 Å². The first kappa shape index (κ1) is 22.6. The number of sulfonamides is 1. The molecule has 178 valence electrons. The highest BCUT2D eigenvalue weighted by Crippen LogP contribution is 2.41. The second-order valence-corrected chi connectivity index (χ2v) is 10.1. The lowest BCUT2D eigenvalue weighted by Crippen LogP contribution is -2.33. The summed E-state index contributed by atoms with van der Waals surface area (Å²) in [5.74, 6) is -0.666. The molecule has 10 nitrogen and oxygen atoms in total. The molecule has 0 saturated carbocycles. The van der Waals surface area contributed by atoms with Gasteiger partial charge in [-0.1, -0.05) is 42.5 Å². The Morgan fingerprint density at radius 1 is 1.14 bits per heavy atom. The molecule has 1 aliphatic heterocycles. The fraction of sp³-hybridized carbons (Fsp3) is 0.0870. The van der Waals surface area contributed by atoms with Gasteiger partial charge in [0.15, 0.2) is 5.84 Å². The predicted octanol–water partition coefficient (Wildman–Crippen LogP) is 3.13. The number of fused-ring (bicyclic) bond motifs is 2. The van der Waals surface area contributed by atoms with Crippen molar-refractivity contribution in [3.63, 3.8) is 0 Å². The van der Waals surface area contributed by atoms with E-state index in [0.717, 1.165) is 16.9 Å². The number of amidine groups is 1. The van der Waals surface area contributed by atoms with E-state index in [4.69, 9.17) is 0 Å². The molecule has 2 amide bonds. The van der Waals surface area contributed by atoms with Crippen LogP contribution in [0.15, 0.2) is 74.1 Å². The second-order valence-electron chi connectivity index (χ2n) is 7.67. The summed E-state index contributed by atoms with van der Waals surface area (Å²) in [6, 6.07) is 15.5. The lowest BCUT2D eigenvalue weighted by Gasteiger charge is -2.19. The third-order valence-electron chi connectivity index (χ3n) is 5.49. The van der Waals surface area contributed by atoms with Crippen LogP contribution in [0.2, 0.25) is 0 Å². The van der Waals surface area contributed by atoms with Crippen LogP contribution in [0.5, 0.6) is 5.75 Å². The Morgan fingerprint density at radius 3 is 2.60 bits per heavy atom. The molecule has 3 heterocycles. The highest BCUT2D eigenvalue weighted by atomic mass is 32.2. The molecule has 0 aliphatic carbocycles. The van der Waals surface area contributed by atoms with Crippen LogP contribution in [0.25, 0.3) is 10.9 Å². The molecule has 1 aliphatic rings. The third-order valence-corrected chi connectivity index (χ3v) is 7.88. The van der Waals surface area contributed by atoms with E-state index < -0.39 is 21.6 Å². The summed E-state index contributed by atoms with van der Waals surface area (Å²) in [7, 11) is -2.90. The van der Waals surface area contributed by atoms with Crippen LogP contribution in [0.3, 0.4) is 0 Å².